The molecule has 1 aromatic carbocycles. The van der Waals surface area contributed by atoms with Gasteiger partial charge in [-0.25, -0.2) is 0 Å². The van der Waals surface area contributed by atoms with E-state index in [0.29, 0.717) is 19.3 Å². The largest absolute Gasteiger partial charge is 0.494 e. The summed E-state index contributed by atoms with van der Waals surface area (Å²) in [4.78, 5) is 4.26. The molecule has 0 radical (unpaired) electrons. The average molecular weight is 364 g/mol. The predicted molar refractivity (Wildman–Crippen MR) is 105 cm³/mol. The molecule has 2 N–H and O–H groups in total. The van der Waals surface area contributed by atoms with Crippen molar-refractivity contribution in [2.45, 2.75) is 45.8 Å². The van der Waals surface area contributed by atoms with Crippen molar-refractivity contribution in [3.05, 3.63) is 29.3 Å². The number of hydrogen-bond donors (Lipinski definition) is 2. The zero-order chi connectivity index (χ0) is 18.6. The molecule has 0 saturated carbocycles. The molecule has 0 aliphatic carbocycles. The molecule has 1 heterocycles. The number of aliphatic imine (C=N–C) groups is 1. The summed E-state index contributed by atoms with van der Waals surface area (Å²) < 4.78 is 16.8. The lowest BCUT2D eigenvalue weighted by atomic mass is 10.1. The number of aryl methyl sites for hydroxylation is 1. The van der Waals surface area contributed by atoms with E-state index in [-0.39, 0.29) is 0 Å². The second-order valence-electron chi connectivity index (χ2n) is 6.45. The van der Waals surface area contributed by atoms with Gasteiger partial charge in [-0.1, -0.05) is 12.1 Å². The molecule has 1 aromatic rings. The SMILES string of the molecule is CCOc1ccc(CNC(=NC)NCCCOCC2CCCO2)cc1C. The van der Waals surface area contributed by atoms with Crippen LogP contribution in [0.5, 0.6) is 5.75 Å². The van der Waals surface area contributed by atoms with Crippen molar-refractivity contribution in [1.29, 1.82) is 0 Å². The zero-order valence-corrected chi connectivity index (χ0v) is 16.3. The van der Waals surface area contributed by atoms with Gasteiger partial charge in [-0.3, -0.25) is 4.99 Å². The summed E-state index contributed by atoms with van der Waals surface area (Å²) in [5.74, 6) is 1.75. The molecule has 1 fully saturated rings. The van der Waals surface area contributed by atoms with E-state index in [9.17, 15) is 0 Å². The van der Waals surface area contributed by atoms with Gasteiger partial charge in [-0.05, 0) is 50.3 Å². The second kappa shape index (κ2) is 11.8. The van der Waals surface area contributed by atoms with Crippen LogP contribution in [0, 0.1) is 6.92 Å². The highest BCUT2D eigenvalue weighted by atomic mass is 16.5. The van der Waals surface area contributed by atoms with Crippen molar-refractivity contribution < 1.29 is 14.2 Å². The van der Waals surface area contributed by atoms with E-state index in [4.69, 9.17) is 14.2 Å². The third-order valence-corrected chi connectivity index (χ3v) is 4.31. The molecule has 2 rings (SSSR count). The molecule has 6 nitrogen and oxygen atoms in total. The monoisotopic (exact) mass is 363 g/mol. The van der Waals surface area contributed by atoms with Crippen LogP contribution in [0.25, 0.3) is 0 Å². The van der Waals surface area contributed by atoms with Gasteiger partial charge in [-0.15, -0.1) is 0 Å². The summed E-state index contributed by atoms with van der Waals surface area (Å²) in [5, 5.41) is 6.65. The Kier molecular flexibility index (Phi) is 9.28. The predicted octanol–water partition coefficient (Wildman–Crippen LogP) is 2.64. The minimum absolute atomic E-state index is 0.301. The number of nitrogens with zero attached hydrogens (tertiary/aromatic N) is 1. The Morgan fingerprint density at radius 2 is 2.23 bits per heavy atom. The maximum absolute atomic E-state index is 5.67. The van der Waals surface area contributed by atoms with E-state index in [1.807, 2.05) is 13.0 Å². The second-order valence-corrected chi connectivity index (χ2v) is 6.45. The van der Waals surface area contributed by atoms with E-state index in [0.717, 1.165) is 62.8 Å². The fourth-order valence-electron chi connectivity index (χ4n) is 2.92. The van der Waals surface area contributed by atoms with Crippen molar-refractivity contribution in [3.63, 3.8) is 0 Å². The third kappa shape index (κ3) is 7.22. The molecule has 1 unspecified atom stereocenters. The number of hydrogen-bond acceptors (Lipinski definition) is 4. The Balaban J connectivity index is 1.60. The fourth-order valence-corrected chi connectivity index (χ4v) is 2.92. The lowest BCUT2D eigenvalue weighted by molar-refractivity contribution is 0.0168. The first-order valence-electron chi connectivity index (χ1n) is 9.59. The lowest BCUT2D eigenvalue weighted by Gasteiger charge is -2.14. The van der Waals surface area contributed by atoms with Crippen LogP contribution in [-0.4, -0.2) is 52.1 Å². The van der Waals surface area contributed by atoms with Gasteiger partial charge in [0.05, 0.1) is 19.3 Å². The molecule has 26 heavy (non-hydrogen) atoms. The molecule has 1 aliphatic heterocycles. The van der Waals surface area contributed by atoms with Crippen LogP contribution in [0.4, 0.5) is 0 Å². The molecular formula is C20H33N3O3. The molecule has 1 atom stereocenters. The van der Waals surface area contributed by atoms with Gasteiger partial charge >= 0.3 is 0 Å². The first-order valence-corrected chi connectivity index (χ1v) is 9.59. The minimum atomic E-state index is 0.301. The van der Waals surface area contributed by atoms with Crippen LogP contribution in [0.15, 0.2) is 23.2 Å². The number of guanidine groups is 1. The Morgan fingerprint density at radius 3 is 2.92 bits per heavy atom. The van der Waals surface area contributed by atoms with E-state index in [1.54, 1.807) is 7.05 Å². The van der Waals surface area contributed by atoms with Gasteiger partial charge in [0.2, 0.25) is 0 Å². The van der Waals surface area contributed by atoms with Crippen molar-refractivity contribution >= 4 is 5.96 Å². The third-order valence-electron chi connectivity index (χ3n) is 4.31. The van der Waals surface area contributed by atoms with Crippen LogP contribution < -0.4 is 15.4 Å². The van der Waals surface area contributed by atoms with E-state index in [2.05, 4.69) is 34.7 Å². The van der Waals surface area contributed by atoms with Gasteiger partial charge in [-0.2, -0.15) is 0 Å². The molecule has 0 aromatic heterocycles. The highest BCUT2D eigenvalue weighted by Gasteiger charge is 2.14. The van der Waals surface area contributed by atoms with Crippen LogP contribution >= 0.6 is 0 Å². The van der Waals surface area contributed by atoms with Crippen molar-refractivity contribution in [3.8, 4) is 5.75 Å². The first-order chi connectivity index (χ1) is 12.7. The summed E-state index contributed by atoms with van der Waals surface area (Å²) in [6, 6.07) is 6.25. The van der Waals surface area contributed by atoms with Gasteiger partial charge in [0.25, 0.3) is 0 Å². The topological polar surface area (TPSA) is 64.1 Å². The molecule has 1 saturated heterocycles. The molecule has 0 bridgehead atoms. The summed E-state index contributed by atoms with van der Waals surface area (Å²) in [6.45, 7) is 8.64. The van der Waals surface area contributed by atoms with E-state index >= 15 is 0 Å². The van der Waals surface area contributed by atoms with Crippen molar-refractivity contribution in [2.24, 2.45) is 4.99 Å². The molecule has 1 aliphatic rings. The number of ether oxygens (including phenoxy) is 3. The Hall–Kier alpha value is -1.79. The first kappa shape index (κ1) is 20.5. The molecule has 0 spiro atoms. The van der Waals surface area contributed by atoms with Gasteiger partial charge in [0, 0.05) is 33.4 Å². The van der Waals surface area contributed by atoms with Crippen molar-refractivity contribution in [2.75, 3.05) is 40.0 Å². The Morgan fingerprint density at radius 1 is 1.35 bits per heavy atom. The lowest BCUT2D eigenvalue weighted by Crippen LogP contribution is -2.37. The van der Waals surface area contributed by atoms with E-state index < -0.39 is 0 Å². The standard InChI is InChI=1S/C20H33N3O3/c1-4-25-19-9-8-17(13-16(19)2)14-23-20(21-3)22-10-6-11-24-15-18-7-5-12-26-18/h8-9,13,18H,4-7,10-12,14-15H2,1-3H3,(H2,21,22,23). The van der Waals surface area contributed by atoms with Gasteiger partial charge < -0.3 is 24.8 Å². The summed E-state index contributed by atoms with van der Waals surface area (Å²) in [6.07, 6.45) is 3.52. The van der Waals surface area contributed by atoms with Gasteiger partial charge in [0.15, 0.2) is 5.96 Å². The van der Waals surface area contributed by atoms with Crippen LogP contribution in [0.2, 0.25) is 0 Å². The maximum Gasteiger partial charge on any atom is 0.191 e. The normalized spacial score (nSPS) is 17.3. The number of nitrogens with one attached hydrogen (secondary N) is 2. The van der Waals surface area contributed by atoms with Crippen LogP contribution in [0.1, 0.15) is 37.3 Å². The quantitative estimate of drug-likeness (QED) is 0.380. The zero-order valence-electron chi connectivity index (χ0n) is 16.3. The van der Waals surface area contributed by atoms with Crippen molar-refractivity contribution in [1.82, 2.24) is 10.6 Å². The summed E-state index contributed by atoms with van der Waals surface area (Å²) in [7, 11) is 1.78. The Bertz CT molecular complexity index is 557. The van der Waals surface area contributed by atoms with Crippen LogP contribution in [-0.2, 0) is 16.0 Å². The van der Waals surface area contributed by atoms with Gasteiger partial charge in [0.1, 0.15) is 5.75 Å². The maximum atomic E-state index is 5.67. The number of benzene rings is 1. The summed E-state index contributed by atoms with van der Waals surface area (Å²) in [5.41, 5.74) is 2.35. The molecule has 6 heteroatoms. The molecular weight excluding hydrogens is 330 g/mol. The summed E-state index contributed by atoms with van der Waals surface area (Å²) >= 11 is 0. The average Bonchev–Trinajstić information content (AvgIpc) is 3.16. The highest BCUT2D eigenvalue weighted by molar-refractivity contribution is 5.79. The van der Waals surface area contributed by atoms with Crippen LogP contribution in [0.3, 0.4) is 0 Å². The smallest absolute Gasteiger partial charge is 0.191 e. The fraction of sp³-hybridized carbons (Fsp3) is 0.650. The minimum Gasteiger partial charge on any atom is -0.494 e. The number of rotatable bonds is 10. The molecule has 0 amide bonds. The van der Waals surface area contributed by atoms with E-state index in [1.165, 1.54) is 5.56 Å². The Labute approximate surface area is 157 Å². The molecule has 146 valence electrons. The highest BCUT2D eigenvalue weighted by Crippen LogP contribution is 2.19.